The van der Waals surface area contributed by atoms with Crippen molar-refractivity contribution in [2.24, 2.45) is 0 Å². The van der Waals surface area contributed by atoms with Crippen LogP contribution in [-0.4, -0.2) is 25.2 Å². The van der Waals surface area contributed by atoms with Crippen molar-refractivity contribution in [2.75, 3.05) is 13.2 Å². The Kier molecular flexibility index (Phi) is 4.21. The number of fused-ring (bicyclic) bond motifs is 1. The fraction of sp³-hybridized carbons (Fsp3) is 0.188. The largest absolute Gasteiger partial charge is 0.486 e. The molecule has 3 rings (SSSR count). The van der Waals surface area contributed by atoms with Crippen molar-refractivity contribution in [1.82, 2.24) is 5.32 Å². The molecule has 21 heavy (non-hydrogen) atoms. The summed E-state index contributed by atoms with van der Waals surface area (Å²) in [5, 5.41) is 4.79. The number of para-hydroxylation sites is 2. The molecule has 1 aromatic heterocycles. The number of carbonyl (C=O) groups is 1. The SMILES string of the molecule is O=C(C=Cc1cccs1)NCC1COc2ccccc2O1. The predicted molar refractivity (Wildman–Crippen MR) is 82.7 cm³/mol. The van der Waals surface area contributed by atoms with Crippen molar-refractivity contribution >= 4 is 23.3 Å². The number of hydrogen-bond donors (Lipinski definition) is 1. The molecule has 0 saturated carbocycles. The molecule has 0 radical (unpaired) electrons. The maximum Gasteiger partial charge on any atom is 0.244 e. The van der Waals surface area contributed by atoms with Gasteiger partial charge in [-0.2, -0.15) is 0 Å². The van der Waals surface area contributed by atoms with Gasteiger partial charge in [0.15, 0.2) is 11.5 Å². The Morgan fingerprint density at radius 1 is 1.29 bits per heavy atom. The Labute approximate surface area is 127 Å². The Bertz CT molecular complexity index is 637. The number of amides is 1. The van der Waals surface area contributed by atoms with Crippen LogP contribution in [0, 0.1) is 0 Å². The molecular formula is C16H15NO3S. The van der Waals surface area contributed by atoms with Gasteiger partial charge < -0.3 is 14.8 Å². The minimum Gasteiger partial charge on any atom is -0.486 e. The van der Waals surface area contributed by atoms with Gasteiger partial charge in [0.2, 0.25) is 5.91 Å². The third-order valence-electron chi connectivity index (χ3n) is 3.01. The van der Waals surface area contributed by atoms with Crippen molar-refractivity contribution < 1.29 is 14.3 Å². The smallest absolute Gasteiger partial charge is 0.244 e. The maximum atomic E-state index is 11.7. The number of benzene rings is 1. The molecule has 1 aliphatic rings. The molecule has 0 aliphatic carbocycles. The van der Waals surface area contributed by atoms with Gasteiger partial charge in [-0.05, 0) is 29.7 Å². The molecule has 108 valence electrons. The maximum absolute atomic E-state index is 11.7. The number of thiophene rings is 1. The molecular weight excluding hydrogens is 286 g/mol. The molecule has 1 atom stereocenters. The molecule has 1 aliphatic heterocycles. The van der Waals surface area contributed by atoms with Crippen LogP contribution in [0.4, 0.5) is 0 Å². The van der Waals surface area contributed by atoms with Crippen LogP contribution in [0.3, 0.4) is 0 Å². The Morgan fingerprint density at radius 2 is 2.14 bits per heavy atom. The summed E-state index contributed by atoms with van der Waals surface area (Å²) < 4.78 is 11.4. The average Bonchev–Trinajstić information content (AvgIpc) is 3.04. The number of hydrogen-bond acceptors (Lipinski definition) is 4. The third-order valence-corrected chi connectivity index (χ3v) is 3.85. The predicted octanol–water partition coefficient (Wildman–Crippen LogP) is 2.72. The van der Waals surface area contributed by atoms with E-state index in [1.807, 2.05) is 41.8 Å². The van der Waals surface area contributed by atoms with E-state index in [9.17, 15) is 4.79 Å². The Hall–Kier alpha value is -2.27. The quantitative estimate of drug-likeness (QED) is 0.883. The molecule has 0 fully saturated rings. The first-order valence-electron chi connectivity index (χ1n) is 6.69. The summed E-state index contributed by atoms with van der Waals surface area (Å²) in [5.41, 5.74) is 0. The van der Waals surface area contributed by atoms with E-state index >= 15 is 0 Å². The van der Waals surface area contributed by atoms with Crippen molar-refractivity contribution in [3.05, 3.63) is 52.7 Å². The first-order chi connectivity index (χ1) is 10.3. The van der Waals surface area contributed by atoms with E-state index in [-0.39, 0.29) is 12.0 Å². The lowest BCUT2D eigenvalue weighted by molar-refractivity contribution is -0.116. The number of ether oxygens (including phenoxy) is 2. The summed E-state index contributed by atoms with van der Waals surface area (Å²) in [7, 11) is 0. The van der Waals surface area contributed by atoms with E-state index in [1.165, 1.54) is 6.08 Å². The number of carbonyl (C=O) groups excluding carboxylic acids is 1. The van der Waals surface area contributed by atoms with Crippen LogP contribution in [-0.2, 0) is 4.79 Å². The van der Waals surface area contributed by atoms with Gasteiger partial charge in [0.1, 0.15) is 12.7 Å². The van der Waals surface area contributed by atoms with Gasteiger partial charge in [-0.3, -0.25) is 4.79 Å². The molecule has 0 saturated heterocycles. The third kappa shape index (κ3) is 3.64. The molecule has 2 aromatic rings. The van der Waals surface area contributed by atoms with Gasteiger partial charge in [-0.1, -0.05) is 18.2 Å². The second-order valence-corrected chi connectivity index (χ2v) is 5.57. The topological polar surface area (TPSA) is 47.6 Å². The zero-order valence-electron chi connectivity index (χ0n) is 11.3. The lowest BCUT2D eigenvalue weighted by Gasteiger charge is -2.26. The van der Waals surface area contributed by atoms with Gasteiger partial charge >= 0.3 is 0 Å². The van der Waals surface area contributed by atoms with Gasteiger partial charge in [0, 0.05) is 11.0 Å². The normalized spacial score (nSPS) is 16.9. The fourth-order valence-electron chi connectivity index (χ4n) is 1.98. The summed E-state index contributed by atoms with van der Waals surface area (Å²) in [6.07, 6.45) is 3.16. The van der Waals surface area contributed by atoms with E-state index in [0.29, 0.717) is 13.2 Å². The van der Waals surface area contributed by atoms with E-state index in [4.69, 9.17) is 9.47 Å². The highest BCUT2D eigenvalue weighted by molar-refractivity contribution is 7.10. The molecule has 2 heterocycles. The standard InChI is InChI=1S/C16H15NO3S/c18-16(8-7-13-4-3-9-21-13)17-10-12-11-19-14-5-1-2-6-15(14)20-12/h1-9,12H,10-11H2,(H,17,18). The highest BCUT2D eigenvalue weighted by atomic mass is 32.1. The first-order valence-corrected chi connectivity index (χ1v) is 7.57. The second kappa shape index (κ2) is 6.45. The number of nitrogens with one attached hydrogen (secondary N) is 1. The van der Waals surface area contributed by atoms with Crippen LogP contribution in [0.2, 0.25) is 0 Å². The zero-order valence-corrected chi connectivity index (χ0v) is 12.1. The summed E-state index contributed by atoms with van der Waals surface area (Å²) in [6, 6.07) is 11.4. The van der Waals surface area contributed by atoms with Crippen LogP contribution < -0.4 is 14.8 Å². The van der Waals surface area contributed by atoms with Crippen molar-refractivity contribution in [3.8, 4) is 11.5 Å². The van der Waals surface area contributed by atoms with E-state index in [2.05, 4.69) is 5.32 Å². The van der Waals surface area contributed by atoms with Crippen molar-refractivity contribution in [3.63, 3.8) is 0 Å². The Balaban J connectivity index is 1.49. The molecule has 0 bridgehead atoms. The van der Waals surface area contributed by atoms with Crippen LogP contribution >= 0.6 is 11.3 Å². The lowest BCUT2D eigenvalue weighted by atomic mass is 10.2. The molecule has 1 N–H and O–H groups in total. The minimum atomic E-state index is -0.168. The van der Waals surface area contributed by atoms with E-state index in [0.717, 1.165) is 16.4 Å². The van der Waals surface area contributed by atoms with Gasteiger partial charge in [-0.25, -0.2) is 0 Å². The summed E-state index contributed by atoms with van der Waals surface area (Å²) >= 11 is 1.59. The highest BCUT2D eigenvalue weighted by Crippen LogP contribution is 2.30. The summed E-state index contributed by atoms with van der Waals surface area (Å²) in [4.78, 5) is 12.8. The molecule has 5 heteroatoms. The van der Waals surface area contributed by atoms with Crippen LogP contribution in [0.15, 0.2) is 47.9 Å². The van der Waals surface area contributed by atoms with E-state index in [1.54, 1.807) is 17.4 Å². The lowest BCUT2D eigenvalue weighted by Crippen LogP contribution is -2.40. The van der Waals surface area contributed by atoms with Gasteiger partial charge in [0.25, 0.3) is 0 Å². The first kappa shape index (κ1) is 13.7. The van der Waals surface area contributed by atoms with Crippen LogP contribution in [0.1, 0.15) is 4.88 Å². The second-order valence-electron chi connectivity index (χ2n) is 4.59. The molecule has 1 unspecified atom stereocenters. The van der Waals surface area contributed by atoms with Crippen LogP contribution in [0.5, 0.6) is 11.5 Å². The van der Waals surface area contributed by atoms with Crippen molar-refractivity contribution in [1.29, 1.82) is 0 Å². The van der Waals surface area contributed by atoms with Crippen molar-refractivity contribution in [2.45, 2.75) is 6.10 Å². The van der Waals surface area contributed by atoms with Crippen LogP contribution in [0.25, 0.3) is 6.08 Å². The number of rotatable bonds is 4. The molecule has 4 nitrogen and oxygen atoms in total. The molecule has 0 spiro atoms. The Morgan fingerprint density at radius 3 is 2.95 bits per heavy atom. The minimum absolute atomic E-state index is 0.133. The summed E-state index contributed by atoms with van der Waals surface area (Å²) in [6.45, 7) is 0.855. The molecule has 1 amide bonds. The fourth-order valence-corrected chi connectivity index (χ4v) is 2.60. The zero-order chi connectivity index (χ0) is 14.5. The average molecular weight is 301 g/mol. The highest BCUT2D eigenvalue weighted by Gasteiger charge is 2.20. The summed E-state index contributed by atoms with van der Waals surface area (Å²) in [5.74, 6) is 1.33. The van der Waals surface area contributed by atoms with Gasteiger partial charge in [0.05, 0.1) is 6.54 Å². The van der Waals surface area contributed by atoms with Gasteiger partial charge in [-0.15, -0.1) is 11.3 Å². The van der Waals surface area contributed by atoms with E-state index < -0.39 is 0 Å². The molecule has 1 aromatic carbocycles. The monoisotopic (exact) mass is 301 g/mol.